The summed E-state index contributed by atoms with van der Waals surface area (Å²) in [6.45, 7) is 3.08. The molecule has 0 saturated carbocycles. The Morgan fingerprint density at radius 1 is 1.25 bits per heavy atom. The van der Waals surface area contributed by atoms with Crippen molar-refractivity contribution in [2.45, 2.75) is 19.4 Å². The van der Waals surface area contributed by atoms with Gasteiger partial charge in [0.1, 0.15) is 0 Å². The zero-order chi connectivity index (χ0) is 13.8. The van der Waals surface area contributed by atoms with Gasteiger partial charge in [0.15, 0.2) is 5.17 Å². The van der Waals surface area contributed by atoms with Gasteiger partial charge in [-0.1, -0.05) is 11.8 Å². The summed E-state index contributed by atoms with van der Waals surface area (Å²) >= 11 is 3.67. The molecule has 2 aromatic heterocycles. The highest BCUT2D eigenvalue weighted by atomic mass is 32.2. The van der Waals surface area contributed by atoms with Crippen LogP contribution in [0.25, 0.3) is 0 Å². The van der Waals surface area contributed by atoms with Crippen molar-refractivity contribution in [3.05, 3.63) is 52.0 Å². The molecule has 1 aliphatic rings. The molecule has 1 aliphatic heterocycles. The van der Waals surface area contributed by atoms with Gasteiger partial charge in [-0.2, -0.15) is 0 Å². The molecule has 5 heteroatoms. The first-order valence-corrected chi connectivity index (χ1v) is 8.50. The summed E-state index contributed by atoms with van der Waals surface area (Å²) in [4.78, 5) is 11.3. The Kier molecular flexibility index (Phi) is 4.38. The average molecular weight is 303 g/mol. The Bertz CT molecular complexity index is 592. The maximum Gasteiger partial charge on any atom is 0.157 e. The van der Waals surface area contributed by atoms with Crippen LogP contribution in [0.3, 0.4) is 0 Å². The van der Waals surface area contributed by atoms with Gasteiger partial charge in [0.05, 0.1) is 12.6 Å². The van der Waals surface area contributed by atoms with Crippen LogP contribution in [-0.4, -0.2) is 22.4 Å². The molecule has 3 heterocycles. The normalized spacial score (nSPS) is 15.9. The lowest BCUT2D eigenvalue weighted by molar-refractivity contribution is 0.660. The van der Waals surface area contributed by atoms with E-state index in [0.717, 1.165) is 23.9 Å². The van der Waals surface area contributed by atoms with Gasteiger partial charge in [0.25, 0.3) is 0 Å². The number of aliphatic imine (C=N–C) groups is 1. The largest absolute Gasteiger partial charge is 0.357 e. The molecule has 20 heavy (non-hydrogen) atoms. The van der Waals surface area contributed by atoms with Gasteiger partial charge in [-0.15, -0.1) is 11.3 Å². The summed E-state index contributed by atoms with van der Waals surface area (Å²) < 4.78 is 0. The van der Waals surface area contributed by atoms with Crippen molar-refractivity contribution in [3.63, 3.8) is 0 Å². The maximum atomic E-state index is 4.51. The second kappa shape index (κ2) is 6.41. The van der Waals surface area contributed by atoms with Crippen LogP contribution in [0.4, 0.5) is 0 Å². The highest BCUT2D eigenvalue weighted by molar-refractivity contribution is 8.14. The number of nitrogens with one attached hydrogen (secondary N) is 1. The van der Waals surface area contributed by atoms with E-state index < -0.39 is 0 Å². The summed E-state index contributed by atoms with van der Waals surface area (Å²) in [5.41, 5.74) is 1.30. The van der Waals surface area contributed by atoms with E-state index in [9.17, 15) is 0 Å². The van der Waals surface area contributed by atoms with Crippen molar-refractivity contribution in [2.24, 2.45) is 4.99 Å². The average Bonchev–Trinajstić information content (AvgIpc) is 3.11. The van der Waals surface area contributed by atoms with E-state index in [1.165, 1.54) is 15.3 Å². The molecule has 1 unspecified atom stereocenters. The topological polar surface area (TPSA) is 37.3 Å². The summed E-state index contributed by atoms with van der Waals surface area (Å²) in [7, 11) is 0. The van der Waals surface area contributed by atoms with E-state index in [1.54, 1.807) is 0 Å². The molecular formula is C15H17N3S2. The van der Waals surface area contributed by atoms with Crippen LogP contribution in [0.15, 0.2) is 41.7 Å². The van der Waals surface area contributed by atoms with Gasteiger partial charge in [-0.05, 0) is 43.2 Å². The fourth-order valence-corrected chi connectivity index (χ4v) is 3.90. The number of hydrogen-bond donors (Lipinski definition) is 1. The maximum absolute atomic E-state index is 4.51. The second-order valence-corrected chi connectivity index (χ2v) is 7.14. The van der Waals surface area contributed by atoms with Crippen LogP contribution in [0.5, 0.6) is 0 Å². The lowest BCUT2D eigenvalue weighted by Gasteiger charge is -2.18. The van der Waals surface area contributed by atoms with Gasteiger partial charge in [-0.3, -0.25) is 9.98 Å². The summed E-state index contributed by atoms with van der Waals surface area (Å²) in [5.74, 6) is 1.09. The molecule has 1 atom stereocenters. The summed E-state index contributed by atoms with van der Waals surface area (Å²) in [5, 5.41) is 4.68. The molecule has 1 N–H and O–H groups in total. The minimum atomic E-state index is 0.292. The predicted octanol–water partition coefficient (Wildman–Crippen LogP) is 3.43. The van der Waals surface area contributed by atoms with E-state index in [2.05, 4.69) is 46.5 Å². The van der Waals surface area contributed by atoms with E-state index in [-0.39, 0.29) is 0 Å². The Morgan fingerprint density at radius 3 is 2.75 bits per heavy atom. The fraction of sp³-hybridized carbons (Fsp3) is 0.333. The van der Waals surface area contributed by atoms with Crippen molar-refractivity contribution in [3.8, 4) is 0 Å². The van der Waals surface area contributed by atoms with Crippen molar-refractivity contribution in [2.75, 3.05) is 12.3 Å². The van der Waals surface area contributed by atoms with Crippen molar-refractivity contribution < 1.29 is 0 Å². The van der Waals surface area contributed by atoms with E-state index in [0.29, 0.717) is 6.04 Å². The van der Waals surface area contributed by atoms with Gasteiger partial charge >= 0.3 is 0 Å². The monoisotopic (exact) mass is 303 g/mol. The number of aryl methyl sites for hydroxylation is 1. The minimum absolute atomic E-state index is 0.292. The number of hydrogen-bond acceptors (Lipinski definition) is 5. The molecule has 0 aromatic carbocycles. The Labute approximate surface area is 127 Å². The molecule has 3 nitrogen and oxygen atoms in total. The van der Waals surface area contributed by atoms with Crippen LogP contribution in [-0.2, 0) is 6.42 Å². The van der Waals surface area contributed by atoms with E-state index in [1.807, 2.05) is 35.5 Å². The number of aromatic nitrogens is 1. The third-order valence-electron chi connectivity index (χ3n) is 3.18. The van der Waals surface area contributed by atoms with Crippen molar-refractivity contribution in [1.29, 1.82) is 0 Å². The Balaban J connectivity index is 1.79. The van der Waals surface area contributed by atoms with Gasteiger partial charge < -0.3 is 5.32 Å². The zero-order valence-electron chi connectivity index (χ0n) is 11.4. The Hall–Kier alpha value is -1.33. The predicted molar refractivity (Wildman–Crippen MR) is 87.6 cm³/mol. The van der Waals surface area contributed by atoms with Gasteiger partial charge in [-0.25, -0.2) is 0 Å². The van der Waals surface area contributed by atoms with Crippen LogP contribution in [0.1, 0.15) is 21.4 Å². The van der Waals surface area contributed by atoms with Gasteiger partial charge in [0, 0.05) is 27.9 Å². The molecular weight excluding hydrogens is 286 g/mol. The third kappa shape index (κ3) is 3.41. The van der Waals surface area contributed by atoms with Crippen LogP contribution in [0.2, 0.25) is 0 Å². The third-order valence-corrected chi connectivity index (χ3v) is 5.20. The molecule has 2 aromatic rings. The second-order valence-electron chi connectivity index (χ2n) is 4.74. The number of thioether (sulfide) groups is 1. The lowest BCUT2D eigenvalue weighted by atomic mass is 10.1. The minimum Gasteiger partial charge on any atom is -0.357 e. The smallest absolute Gasteiger partial charge is 0.157 e. The van der Waals surface area contributed by atoms with E-state index in [4.69, 9.17) is 0 Å². The Morgan fingerprint density at radius 2 is 2.10 bits per heavy atom. The molecule has 3 rings (SSSR count). The number of nitrogens with zero attached hydrogens (tertiary/aromatic N) is 2. The molecule has 0 spiro atoms. The molecule has 0 amide bonds. The van der Waals surface area contributed by atoms with E-state index >= 15 is 0 Å². The lowest BCUT2D eigenvalue weighted by Crippen LogP contribution is -2.26. The highest BCUT2D eigenvalue weighted by Gasteiger charge is 2.18. The van der Waals surface area contributed by atoms with Crippen LogP contribution >= 0.6 is 23.1 Å². The standard InChI is InChI=1S/C15H17N3S2/c1-11-2-3-14(20-11)13(18-15-17-8-9-19-15)10-12-4-6-16-7-5-12/h2-7,13H,8-10H2,1H3,(H,17,18). The number of pyridine rings is 1. The van der Waals surface area contributed by atoms with Crippen molar-refractivity contribution in [1.82, 2.24) is 10.3 Å². The molecule has 0 fully saturated rings. The molecule has 0 saturated heterocycles. The molecule has 104 valence electrons. The molecule has 0 bridgehead atoms. The first-order chi connectivity index (χ1) is 9.81. The highest BCUT2D eigenvalue weighted by Crippen LogP contribution is 2.27. The first-order valence-electron chi connectivity index (χ1n) is 6.70. The summed E-state index contributed by atoms with van der Waals surface area (Å²) in [6.07, 6.45) is 4.67. The number of amidine groups is 1. The number of thiophene rings is 1. The molecule has 0 aliphatic carbocycles. The van der Waals surface area contributed by atoms with Crippen LogP contribution in [0, 0.1) is 6.92 Å². The molecule has 0 radical (unpaired) electrons. The first kappa shape index (κ1) is 13.6. The van der Waals surface area contributed by atoms with Crippen LogP contribution < -0.4 is 5.32 Å². The summed E-state index contributed by atoms with van der Waals surface area (Å²) in [6, 6.07) is 8.86. The SMILES string of the molecule is Cc1ccc(C(Cc2ccncc2)NC2=NCCS2)s1. The fourth-order valence-electron chi connectivity index (χ4n) is 2.19. The van der Waals surface area contributed by atoms with Gasteiger partial charge in [0.2, 0.25) is 0 Å². The zero-order valence-corrected chi connectivity index (χ0v) is 13.0. The number of rotatable bonds is 4. The quantitative estimate of drug-likeness (QED) is 0.940. The van der Waals surface area contributed by atoms with Crippen molar-refractivity contribution >= 4 is 28.3 Å².